The van der Waals surface area contributed by atoms with Crippen LogP contribution in [0.3, 0.4) is 0 Å². The molecule has 2 atom stereocenters. The highest BCUT2D eigenvalue weighted by Gasteiger charge is 2.40. The van der Waals surface area contributed by atoms with E-state index in [9.17, 15) is 5.11 Å². The van der Waals surface area contributed by atoms with Gasteiger partial charge in [0.1, 0.15) is 0 Å². The smallest absolute Gasteiger partial charge is 0.0831 e. The van der Waals surface area contributed by atoms with E-state index in [0.717, 1.165) is 44.6 Å². The van der Waals surface area contributed by atoms with E-state index in [1.807, 2.05) is 12.1 Å². The largest absolute Gasteiger partial charge is 0.390 e. The van der Waals surface area contributed by atoms with Crippen molar-refractivity contribution in [1.82, 2.24) is 4.98 Å². The quantitative estimate of drug-likeness (QED) is 0.280. The molecule has 4 aromatic rings. The van der Waals surface area contributed by atoms with Crippen molar-refractivity contribution in [2.45, 2.75) is 59.1 Å². The fourth-order valence-electron chi connectivity index (χ4n) is 5.35. The fraction of sp³-hybridized carbons (Fsp3) is 0.290. The van der Waals surface area contributed by atoms with Gasteiger partial charge < -0.3 is 15.4 Å². The summed E-state index contributed by atoms with van der Waals surface area (Å²) in [5.74, 6) is 6.95. The molecule has 172 valence electrons. The van der Waals surface area contributed by atoms with Crippen LogP contribution in [0.2, 0.25) is 0 Å². The number of anilines is 1. The fourth-order valence-corrected chi connectivity index (χ4v) is 5.35. The zero-order chi connectivity index (χ0) is 24.2. The van der Waals surface area contributed by atoms with E-state index in [0.29, 0.717) is 0 Å². The Labute approximate surface area is 202 Å². The van der Waals surface area contributed by atoms with E-state index in [1.54, 1.807) is 0 Å². The van der Waals surface area contributed by atoms with Crippen molar-refractivity contribution in [1.29, 1.82) is 0 Å². The minimum atomic E-state index is -0.530. The van der Waals surface area contributed by atoms with Gasteiger partial charge in [0, 0.05) is 45.4 Å². The molecule has 0 radical (unpaired) electrons. The van der Waals surface area contributed by atoms with E-state index in [-0.39, 0.29) is 5.92 Å². The van der Waals surface area contributed by atoms with Crippen LogP contribution < -0.4 is 5.32 Å². The molecule has 0 aliphatic carbocycles. The Morgan fingerprint density at radius 1 is 0.882 bits per heavy atom. The molecule has 2 unspecified atom stereocenters. The molecular formula is C31H32N2O. The Bertz CT molecular complexity index is 1480. The first-order valence-corrected chi connectivity index (χ1v) is 12.0. The third-order valence-corrected chi connectivity index (χ3v) is 7.36. The summed E-state index contributed by atoms with van der Waals surface area (Å²) >= 11 is 0. The number of aromatic nitrogens is 1. The highest BCUT2D eigenvalue weighted by Crippen LogP contribution is 2.46. The molecule has 3 heteroatoms. The number of H-pyrrole nitrogens is 1. The van der Waals surface area contributed by atoms with E-state index in [1.165, 1.54) is 16.5 Å². The summed E-state index contributed by atoms with van der Waals surface area (Å²) in [5, 5.41) is 16.1. The predicted molar refractivity (Wildman–Crippen MR) is 142 cm³/mol. The molecule has 5 rings (SSSR count). The van der Waals surface area contributed by atoms with E-state index < -0.39 is 11.6 Å². The van der Waals surface area contributed by atoms with Crippen LogP contribution in [0, 0.1) is 32.6 Å². The number of hydrogen-bond acceptors (Lipinski definition) is 2. The maximum absolute atomic E-state index is 11.2. The van der Waals surface area contributed by atoms with E-state index >= 15 is 0 Å². The highest BCUT2D eigenvalue weighted by molar-refractivity contribution is 5.98. The van der Waals surface area contributed by atoms with Gasteiger partial charge in [-0.2, -0.15) is 0 Å². The Hall–Kier alpha value is -3.48. The minimum absolute atomic E-state index is 0.0596. The van der Waals surface area contributed by atoms with Crippen molar-refractivity contribution in [3.63, 3.8) is 0 Å². The third kappa shape index (κ3) is 3.50. The molecule has 0 fully saturated rings. The van der Waals surface area contributed by atoms with Crippen LogP contribution in [0.4, 0.5) is 5.69 Å². The second kappa shape index (κ2) is 8.08. The molecule has 0 bridgehead atoms. The average Bonchev–Trinajstić information content (AvgIpc) is 3.19. The number of benzene rings is 3. The summed E-state index contributed by atoms with van der Waals surface area (Å²) in [6, 6.07) is 16.9. The molecule has 0 saturated carbocycles. The third-order valence-electron chi connectivity index (χ3n) is 7.36. The number of hydrogen-bond donors (Lipinski definition) is 3. The second-order valence-electron chi connectivity index (χ2n) is 10.2. The molecule has 3 N–H and O–H groups in total. The van der Waals surface area contributed by atoms with Crippen LogP contribution in [0.25, 0.3) is 22.0 Å². The summed E-state index contributed by atoms with van der Waals surface area (Å²) in [7, 11) is 0. The molecule has 1 aliphatic heterocycles. The number of aliphatic hydroxyl groups excluding tert-OH is 1. The van der Waals surface area contributed by atoms with Crippen LogP contribution in [0.5, 0.6) is 0 Å². The van der Waals surface area contributed by atoms with Gasteiger partial charge in [0.25, 0.3) is 0 Å². The van der Waals surface area contributed by atoms with Gasteiger partial charge in [-0.05, 0) is 69.0 Å². The van der Waals surface area contributed by atoms with Crippen LogP contribution in [0.15, 0.2) is 54.7 Å². The summed E-state index contributed by atoms with van der Waals surface area (Å²) in [6.45, 7) is 12.6. The lowest BCUT2D eigenvalue weighted by Crippen LogP contribution is -2.50. The number of aryl methyl sites for hydroxylation is 3. The Kier molecular flexibility index (Phi) is 5.30. The average molecular weight is 449 g/mol. The van der Waals surface area contributed by atoms with Gasteiger partial charge in [0.15, 0.2) is 0 Å². The van der Waals surface area contributed by atoms with Crippen molar-refractivity contribution in [3.8, 4) is 23.0 Å². The SMILES string of the molecule is Cc1ccccc1C#Cc1c(-c2cccc3c(C)c[nH]c23)cc(C)c2c1C(C)C(O)C(C)(C)N2. The Balaban J connectivity index is 1.84. The highest BCUT2D eigenvalue weighted by atomic mass is 16.3. The van der Waals surface area contributed by atoms with Gasteiger partial charge in [0.2, 0.25) is 0 Å². The lowest BCUT2D eigenvalue weighted by Gasteiger charge is -2.43. The minimum Gasteiger partial charge on any atom is -0.390 e. The lowest BCUT2D eigenvalue weighted by atomic mass is 9.75. The van der Waals surface area contributed by atoms with Crippen LogP contribution in [-0.4, -0.2) is 21.7 Å². The van der Waals surface area contributed by atoms with Crippen molar-refractivity contribution >= 4 is 16.6 Å². The monoisotopic (exact) mass is 448 g/mol. The zero-order valence-corrected chi connectivity index (χ0v) is 20.8. The standard InChI is InChI=1S/C31H32N2O/c1-18-10-7-8-11-22(18)14-15-24-26(25-13-9-12-23-20(3)17-32-29(23)25)16-19(2)28-27(24)21(4)30(34)31(5,6)33-28/h7-13,16-17,21,30,32-34H,1-6H3. The normalized spacial score (nSPS) is 18.7. The molecule has 0 spiro atoms. The number of nitrogens with one attached hydrogen (secondary N) is 2. The number of aromatic amines is 1. The van der Waals surface area contributed by atoms with Crippen molar-refractivity contribution in [2.24, 2.45) is 0 Å². The van der Waals surface area contributed by atoms with Gasteiger partial charge >= 0.3 is 0 Å². The van der Waals surface area contributed by atoms with Gasteiger partial charge in [0.05, 0.1) is 17.2 Å². The molecule has 0 amide bonds. The summed E-state index contributed by atoms with van der Waals surface area (Å²) in [5.41, 5.74) is 10.7. The molecule has 2 heterocycles. The molecule has 3 nitrogen and oxygen atoms in total. The summed E-state index contributed by atoms with van der Waals surface area (Å²) in [6.07, 6.45) is 1.53. The summed E-state index contributed by atoms with van der Waals surface area (Å²) < 4.78 is 0. The Morgan fingerprint density at radius 2 is 1.65 bits per heavy atom. The molecule has 1 aliphatic rings. The Morgan fingerprint density at radius 3 is 2.41 bits per heavy atom. The number of fused-ring (bicyclic) bond motifs is 2. The number of rotatable bonds is 1. The number of para-hydroxylation sites is 1. The topological polar surface area (TPSA) is 48.0 Å². The first kappa shape index (κ1) is 22.3. The van der Waals surface area contributed by atoms with Crippen molar-refractivity contribution < 1.29 is 5.11 Å². The maximum Gasteiger partial charge on any atom is 0.0831 e. The predicted octanol–water partition coefficient (Wildman–Crippen LogP) is 6.83. The van der Waals surface area contributed by atoms with Crippen LogP contribution >= 0.6 is 0 Å². The van der Waals surface area contributed by atoms with Gasteiger partial charge in [-0.1, -0.05) is 55.2 Å². The van der Waals surface area contributed by atoms with Gasteiger partial charge in [-0.25, -0.2) is 0 Å². The van der Waals surface area contributed by atoms with Crippen LogP contribution in [-0.2, 0) is 0 Å². The summed E-state index contributed by atoms with van der Waals surface area (Å²) in [4.78, 5) is 3.48. The van der Waals surface area contributed by atoms with E-state index in [2.05, 4.69) is 106 Å². The molecule has 3 aromatic carbocycles. The second-order valence-corrected chi connectivity index (χ2v) is 10.2. The maximum atomic E-state index is 11.2. The first-order valence-electron chi connectivity index (χ1n) is 12.0. The lowest BCUT2D eigenvalue weighted by molar-refractivity contribution is 0.0868. The molecule has 1 aromatic heterocycles. The van der Waals surface area contributed by atoms with Gasteiger partial charge in [-0.15, -0.1) is 0 Å². The van der Waals surface area contributed by atoms with E-state index in [4.69, 9.17) is 0 Å². The molecular weight excluding hydrogens is 416 g/mol. The van der Waals surface area contributed by atoms with Crippen molar-refractivity contribution in [3.05, 3.63) is 88.1 Å². The zero-order valence-electron chi connectivity index (χ0n) is 20.8. The van der Waals surface area contributed by atoms with Crippen molar-refractivity contribution in [2.75, 3.05) is 5.32 Å². The van der Waals surface area contributed by atoms with Gasteiger partial charge in [-0.3, -0.25) is 0 Å². The number of aliphatic hydroxyl groups is 1. The molecule has 0 saturated heterocycles. The first-order chi connectivity index (χ1) is 16.2. The molecule has 34 heavy (non-hydrogen) atoms. The van der Waals surface area contributed by atoms with Crippen LogP contribution in [0.1, 0.15) is 60.1 Å².